The lowest BCUT2D eigenvalue weighted by Crippen LogP contribution is -2.44. The number of ether oxygens (including phenoxy) is 1. The summed E-state index contributed by atoms with van der Waals surface area (Å²) in [7, 11) is -4.60. The number of primary amides is 1. The largest absolute Gasteiger partial charge is 0.449 e. The molecule has 3 aromatic rings. The Morgan fingerprint density at radius 3 is 2.22 bits per heavy atom. The molecule has 0 saturated heterocycles. The summed E-state index contributed by atoms with van der Waals surface area (Å²) < 4.78 is 38.6. The molecule has 0 aliphatic heterocycles. The monoisotopic (exact) mass is 600 g/mol. The number of anilines is 1. The summed E-state index contributed by atoms with van der Waals surface area (Å²) >= 11 is 5.77. The van der Waals surface area contributed by atoms with Gasteiger partial charge in [0.05, 0.1) is 0 Å². The minimum Gasteiger partial charge on any atom is -0.449 e. The maximum atomic E-state index is 13.1. The first kappa shape index (κ1) is 29.8. The van der Waals surface area contributed by atoms with Crippen LogP contribution in [0.2, 0.25) is 0 Å². The van der Waals surface area contributed by atoms with E-state index in [0.29, 0.717) is 0 Å². The van der Waals surface area contributed by atoms with E-state index < -0.39 is 39.1 Å². The summed E-state index contributed by atoms with van der Waals surface area (Å²) in [6.45, 7) is 0.192. The predicted molar refractivity (Wildman–Crippen MR) is 153 cm³/mol. The molecule has 0 radical (unpaired) electrons. The molecule has 0 bridgehead atoms. The SMILES string of the molecule is NC(=O)NCCC[C@H](NC(=O)OCC1c2ccccc2-c2ccccc21)C(=O)Nc1ccc(CCl)c(S(=O)(=O)O)c1. The molecule has 13 heteroatoms. The summed E-state index contributed by atoms with van der Waals surface area (Å²) in [6.07, 6.45) is -0.445. The number of halogens is 1. The Morgan fingerprint density at radius 1 is 1.00 bits per heavy atom. The average molecular weight is 601 g/mol. The third-order valence-corrected chi connectivity index (χ3v) is 7.90. The van der Waals surface area contributed by atoms with Gasteiger partial charge in [-0.3, -0.25) is 9.35 Å². The van der Waals surface area contributed by atoms with Gasteiger partial charge in [-0.05, 0) is 52.8 Å². The van der Waals surface area contributed by atoms with Crippen molar-refractivity contribution >= 4 is 45.4 Å². The number of rotatable bonds is 11. The zero-order valence-corrected chi connectivity index (χ0v) is 23.4. The molecule has 0 spiro atoms. The Balaban J connectivity index is 1.46. The van der Waals surface area contributed by atoms with Crippen LogP contribution in [0.15, 0.2) is 71.6 Å². The van der Waals surface area contributed by atoms with Crippen LogP contribution in [0.5, 0.6) is 0 Å². The third-order valence-electron chi connectivity index (χ3n) is 6.68. The van der Waals surface area contributed by atoms with Crippen LogP contribution in [0.1, 0.15) is 35.4 Å². The number of urea groups is 1. The second-order valence-electron chi connectivity index (χ2n) is 9.38. The Morgan fingerprint density at radius 2 is 1.63 bits per heavy atom. The maximum Gasteiger partial charge on any atom is 0.407 e. The van der Waals surface area contributed by atoms with Gasteiger partial charge >= 0.3 is 12.1 Å². The Kier molecular flexibility index (Phi) is 9.48. The zero-order valence-electron chi connectivity index (χ0n) is 21.8. The van der Waals surface area contributed by atoms with E-state index in [1.807, 2.05) is 48.5 Å². The van der Waals surface area contributed by atoms with Gasteiger partial charge in [-0.25, -0.2) is 9.59 Å². The van der Waals surface area contributed by atoms with Gasteiger partial charge in [0.2, 0.25) is 5.91 Å². The van der Waals surface area contributed by atoms with Gasteiger partial charge in [0.15, 0.2) is 0 Å². The van der Waals surface area contributed by atoms with Crippen molar-refractivity contribution in [3.05, 3.63) is 83.4 Å². The van der Waals surface area contributed by atoms with Gasteiger partial charge in [0, 0.05) is 24.0 Å². The second-order valence-corrected chi connectivity index (χ2v) is 11.0. The smallest absolute Gasteiger partial charge is 0.407 e. The van der Waals surface area contributed by atoms with Crippen molar-refractivity contribution < 1.29 is 32.1 Å². The van der Waals surface area contributed by atoms with E-state index in [4.69, 9.17) is 22.1 Å². The topological polar surface area (TPSA) is 177 Å². The van der Waals surface area contributed by atoms with Crippen LogP contribution < -0.4 is 21.7 Å². The normalized spacial score (nSPS) is 13.0. The fourth-order valence-electron chi connectivity index (χ4n) is 4.78. The second kappa shape index (κ2) is 13.0. The van der Waals surface area contributed by atoms with Crippen molar-refractivity contribution in [2.45, 2.75) is 35.6 Å². The molecule has 1 atom stereocenters. The first-order valence-electron chi connectivity index (χ1n) is 12.7. The van der Waals surface area contributed by atoms with Crippen molar-refractivity contribution in [2.75, 3.05) is 18.5 Å². The standard InChI is InChI=1S/C28H29ClN4O7S/c29-15-17-11-12-18(14-25(17)41(37,38)39)32-26(34)24(10-5-13-31-27(30)35)33-28(36)40-16-23-21-8-3-1-6-19(21)20-7-2-4-9-22(20)23/h1-4,6-9,11-12,14,23-24H,5,10,13,15-16H2,(H,32,34)(H,33,36)(H3,30,31,35)(H,37,38,39)/t24-/m0/s1. The molecule has 216 valence electrons. The molecule has 0 fully saturated rings. The van der Waals surface area contributed by atoms with Crippen LogP contribution in [0.3, 0.4) is 0 Å². The highest BCUT2D eigenvalue weighted by Gasteiger charge is 2.30. The fourth-order valence-corrected chi connectivity index (χ4v) is 5.84. The van der Waals surface area contributed by atoms with Gasteiger partial charge in [-0.2, -0.15) is 8.42 Å². The molecule has 1 aliphatic rings. The summed E-state index contributed by atoms with van der Waals surface area (Å²) in [4.78, 5) is 36.6. The Hall–Kier alpha value is -4.13. The highest BCUT2D eigenvalue weighted by Crippen LogP contribution is 2.44. The van der Waals surface area contributed by atoms with E-state index in [0.717, 1.165) is 28.3 Å². The van der Waals surface area contributed by atoms with E-state index >= 15 is 0 Å². The maximum absolute atomic E-state index is 13.1. The van der Waals surface area contributed by atoms with Crippen molar-refractivity contribution in [1.29, 1.82) is 0 Å². The number of benzene rings is 3. The molecule has 1 aliphatic carbocycles. The highest BCUT2D eigenvalue weighted by atomic mass is 35.5. The number of alkyl halides is 1. The summed E-state index contributed by atoms with van der Waals surface area (Å²) in [5, 5.41) is 7.52. The van der Waals surface area contributed by atoms with Crippen LogP contribution in [0, 0.1) is 0 Å². The molecule has 4 amide bonds. The predicted octanol–water partition coefficient (Wildman–Crippen LogP) is 3.97. The Labute approximate surface area is 242 Å². The molecule has 6 N–H and O–H groups in total. The van der Waals surface area contributed by atoms with E-state index in [2.05, 4.69) is 16.0 Å². The molecule has 0 unspecified atom stereocenters. The summed E-state index contributed by atoms with van der Waals surface area (Å²) in [5.41, 5.74) is 9.51. The first-order valence-corrected chi connectivity index (χ1v) is 14.7. The molecule has 0 heterocycles. The van der Waals surface area contributed by atoms with Crippen LogP contribution in [0.4, 0.5) is 15.3 Å². The zero-order chi connectivity index (χ0) is 29.6. The fraction of sp³-hybridized carbons (Fsp3) is 0.250. The van der Waals surface area contributed by atoms with Gasteiger partial charge in [0.1, 0.15) is 17.5 Å². The number of hydrogen-bond acceptors (Lipinski definition) is 6. The van der Waals surface area contributed by atoms with Crippen molar-refractivity contribution in [1.82, 2.24) is 10.6 Å². The molecular formula is C28H29ClN4O7S. The molecule has 11 nitrogen and oxygen atoms in total. The lowest BCUT2D eigenvalue weighted by atomic mass is 9.98. The highest BCUT2D eigenvalue weighted by molar-refractivity contribution is 7.85. The quantitative estimate of drug-likeness (QED) is 0.126. The van der Waals surface area contributed by atoms with Gasteiger partial charge in [-0.1, -0.05) is 54.6 Å². The molecular weight excluding hydrogens is 572 g/mol. The summed E-state index contributed by atoms with van der Waals surface area (Å²) in [6, 6.07) is 17.8. The number of nitrogens with two attached hydrogens (primary N) is 1. The summed E-state index contributed by atoms with van der Waals surface area (Å²) in [5.74, 6) is -1.03. The number of nitrogens with one attached hydrogen (secondary N) is 3. The van der Waals surface area contributed by atoms with Crippen LogP contribution in [-0.2, 0) is 25.5 Å². The number of alkyl carbamates (subject to hydrolysis) is 1. The van der Waals surface area contributed by atoms with Crippen LogP contribution >= 0.6 is 11.6 Å². The number of carbonyl (C=O) groups excluding carboxylic acids is 3. The van der Waals surface area contributed by atoms with Gasteiger partial charge in [-0.15, -0.1) is 11.6 Å². The third kappa shape index (κ3) is 7.34. The van der Waals surface area contributed by atoms with Crippen LogP contribution in [0.25, 0.3) is 11.1 Å². The van der Waals surface area contributed by atoms with Crippen molar-refractivity contribution in [2.24, 2.45) is 5.73 Å². The number of fused-ring (bicyclic) bond motifs is 3. The van der Waals surface area contributed by atoms with E-state index in [9.17, 15) is 27.4 Å². The number of hydrogen-bond donors (Lipinski definition) is 5. The average Bonchev–Trinajstić information content (AvgIpc) is 3.26. The van der Waals surface area contributed by atoms with E-state index in [-0.39, 0.29) is 49.0 Å². The van der Waals surface area contributed by atoms with E-state index in [1.165, 1.54) is 12.1 Å². The van der Waals surface area contributed by atoms with Gasteiger partial charge in [0.25, 0.3) is 10.1 Å². The molecule has 0 aromatic heterocycles. The number of amides is 4. The molecule has 3 aromatic carbocycles. The minimum absolute atomic E-state index is 0.0367. The molecule has 0 saturated carbocycles. The lowest BCUT2D eigenvalue weighted by molar-refractivity contribution is -0.118. The van der Waals surface area contributed by atoms with Crippen molar-refractivity contribution in [3.8, 4) is 11.1 Å². The van der Waals surface area contributed by atoms with E-state index in [1.54, 1.807) is 0 Å². The van der Waals surface area contributed by atoms with Crippen LogP contribution in [-0.4, -0.2) is 50.2 Å². The molecule has 4 rings (SSSR count). The van der Waals surface area contributed by atoms with Gasteiger partial charge < -0.3 is 26.4 Å². The minimum atomic E-state index is -4.60. The Bertz CT molecular complexity index is 1520. The number of carbonyl (C=O) groups is 3. The first-order chi connectivity index (χ1) is 19.6. The van der Waals surface area contributed by atoms with Crippen molar-refractivity contribution in [3.63, 3.8) is 0 Å². The lowest BCUT2D eigenvalue weighted by Gasteiger charge is -2.20. The molecule has 41 heavy (non-hydrogen) atoms.